The van der Waals surface area contributed by atoms with Crippen molar-refractivity contribution in [1.82, 2.24) is 24.8 Å². The summed E-state index contributed by atoms with van der Waals surface area (Å²) in [5.74, 6) is 0.602. The van der Waals surface area contributed by atoms with Crippen molar-refractivity contribution in [1.29, 1.82) is 0 Å². The van der Waals surface area contributed by atoms with Crippen molar-refractivity contribution in [3.63, 3.8) is 0 Å². The van der Waals surface area contributed by atoms with Crippen LogP contribution >= 0.6 is 0 Å². The van der Waals surface area contributed by atoms with Crippen LogP contribution in [0.5, 0.6) is 0 Å². The molecule has 1 amide bonds. The maximum atomic E-state index is 12.1. The molecule has 2 aromatic heterocycles. The Hall–Kier alpha value is -3.29. The molecular formula is C18H18N6O2. The molecule has 1 fully saturated rings. The molecule has 1 aliphatic rings. The minimum absolute atomic E-state index is 0.113. The lowest BCUT2D eigenvalue weighted by atomic mass is 10.2. The number of aromatic nitrogens is 5. The highest BCUT2D eigenvalue weighted by molar-refractivity contribution is 5.90. The van der Waals surface area contributed by atoms with E-state index in [-0.39, 0.29) is 17.9 Å². The Kier molecular flexibility index (Phi) is 4.30. The number of aryl methyl sites for hydroxylation is 1. The number of benzene rings is 1. The summed E-state index contributed by atoms with van der Waals surface area (Å²) < 4.78 is 3.37. The van der Waals surface area contributed by atoms with Gasteiger partial charge in [0.15, 0.2) is 5.82 Å². The number of carbonyl (C=O) groups excluding carboxylic acids is 1. The Bertz CT molecular complexity index is 972. The summed E-state index contributed by atoms with van der Waals surface area (Å²) in [7, 11) is 0. The maximum Gasteiger partial charge on any atom is 0.250 e. The van der Waals surface area contributed by atoms with Gasteiger partial charge in [0.1, 0.15) is 0 Å². The molecule has 0 bridgehead atoms. The zero-order valence-electron chi connectivity index (χ0n) is 14.1. The summed E-state index contributed by atoms with van der Waals surface area (Å²) in [6.45, 7) is 0.347. The molecule has 0 aliphatic heterocycles. The third-order valence-electron chi connectivity index (χ3n) is 4.29. The fraction of sp³-hybridized carbons (Fsp3) is 0.278. The summed E-state index contributed by atoms with van der Waals surface area (Å²) in [6, 6.07) is 12.8. The topological polar surface area (TPSA) is 94.7 Å². The van der Waals surface area contributed by atoms with Crippen molar-refractivity contribution >= 4 is 11.6 Å². The van der Waals surface area contributed by atoms with Crippen LogP contribution in [-0.2, 0) is 11.3 Å². The number of nitrogens with one attached hydrogen (secondary N) is 1. The summed E-state index contributed by atoms with van der Waals surface area (Å²) in [5.41, 5.74) is 1.50. The molecule has 0 unspecified atom stereocenters. The Morgan fingerprint density at radius 2 is 1.96 bits per heavy atom. The van der Waals surface area contributed by atoms with Crippen molar-refractivity contribution in [3.05, 3.63) is 59.0 Å². The third kappa shape index (κ3) is 3.53. The number of hydrogen-bond acceptors (Lipinski definition) is 5. The molecule has 4 rings (SSSR count). The van der Waals surface area contributed by atoms with E-state index in [9.17, 15) is 9.59 Å². The van der Waals surface area contributed by atoms with Gasteiger partial charge in [0.05, 0.1) is 6.04 Å². The molecule has 0 atom stereocenters. The molecule has 2 heterocycles. The van der Waals surface area contributed by atoms with Crippen molar-refractivity contribution < 1.29 is 4.79 Å². The van der Waals surface area contributed by atoms with E-state index in [0.29, 0.717) is 18.3 Å². The van der Waals surface area contributed by atoms with Gasteiger partial charge in [0.2, 0.25) is 5.91 Å². The molecule has 0 radical (unpaired) electrons. The van der Waals surface area contributed by atoms with Gasteiger partial charge in [0.25, 0.3) is 5.56 Å². The first-order valence-corrected chi connectivity index (χ1v) is 8.54. The van der Waals surface area contributed by atoms with Crippen molar-refractivity contribution in [2.45, 2.75) is 31.8 Å². The number of pyridine rings is 1. The maximum absolute atomic E-state index is 12.1. The third-order valence-corrected chi connectivity index (χ3v) is 4.29. The zero-order valence-corrected chi connectivity index (χ0v) is 14.1. The van der Waals surface area contributed by atoms with E-state index < -0.39 is 0 Å². The second kappa shape index (κ2) is 6.91. The van der Waals surface area contributed by atoms with Crippen molar-refractivity contribution in [3.8, 4) is 11.4 Å². The fourth-order valence-corrected chi connectivity index (χ4v) is 2.74. The number of anilines is 1. The Balaban J connectivity index is 1.38. The minimum Gasteiger partial charge on any atom is -0.326 e. The summed E-state index contributed by atoms with van der Waals surface area (Å²) in [5, 5.41) is 14.7. The van der Waals surface area contributed by atoms with E-state index in [1.165, 1.54) is 10.6 Å². The molecular weight excluding hydrogens is 332 g/mol. The van der Waals surface area contributed by atoms with E-state index in [1.54, 1.807) is 18.3 Å². The van der Waals surface area contributed by atoms with Crippen LogP contribution < -0.4 is 10.9 Å². The molecule has 8 heteroatoms. The predicted octanol–water partition coefficient (Wildman–Crippen LogP) is 1.87. The van der Waals surface area contributed by atoms with Crippen LogP contribution in [0.1, 0.15) is 25.3 Å². The van der Waals surface area contributed by atoms with Gasteiger partial charge in [-0.1, -0.05) is 6.07 Å². The highest BCUT2D eigenvalue weighted by Gasteiger charge is 2.28. The molecule has 0 spiro atoms. The predicted molar refractivity (Wildman–Crippen MR) is 95.5 cm³/mol. The minimum atomic E-state index is -0.142. The average molecular weight is 350 g/mol. The van der Waals surface area contributed by atoms with E-state index in [2.05, 4.69) is 20.8 Å². The lowest BCUT2D eigenvalue weighted by molar-refractivity contribution is -0.116. The van der Waals surface area contributed by atoms with Crippen LogP contribution in [-0.4, -0.2) is 30.7 Å². The molecule has 8 nitrogen and oxygen atoms in total. The number of tetrazole rings is 1. The van der Waals surface area contributed by atoms with Crippen LogP contribution in [0.2, 0.25) is 0 Å². The second-order valence-electron chi connectivity index (χ2n) is 6.29. The molecule has 0 saturated heterocycles. The number of rotatable bonds is 6. The molecule has 26 heavy (non-hydrogen) atoms. The van der Waals surface area contributed by atoms with E-state index in [1.807, 2.05) is 28.9 Å². The van der Waals surface area contributed by atoms with Gasteiger partial charge in [-0.15, -0.1) is 5.10 Å². The molecule has 1 aromatic carbocycles. The van der Waals surface area contributed by atoms with Gasteiger partial charge >= 0.3 is 0 Å². The van der Waals surface area contributed by atoms with Crippen LogP contribution in [0.3, 0.4) is 0 Å². The van der Waals surface area contributed by atoms with E-state index in [0.717, 1.165) is 24.2 Å². The van der Waals surface area contributed by atoms with E-state index in [4.69, 9.17) is 0 Å². The smallest absolute Gasteiger partial charge is 0.250 e. The Morgan fingerprint density at radius 3 is 2.69 bits per heavy atom. The van der Waals surface area contributed by atoms with Gasteiger partial charge in [-0.2, -0.15) is 0 Å². The van der Waals surface area contributed by atoms with Crippen LogP contribution in [0.25, 0.3) is 11.4 Å². The summed E-state index contributed by atoms with van der Waals surface area (Å²) >= 11 is 0. The normalized spacial score (nSPS) is 13.5. The lowest BCUT2D eigenvalue weighted by Gasteiger charge is -2.08. The lowest BCUT2D eigenvalue weighted by Crippen LogP contribution is -2.21. The van der Waals surface area contributed by atoms with Crippen LogP contribution in [0.4, 0.5) is 5.69 Å². The first-order chi connectivity index (χ1) is 12.7. The molecule has 1 saturated carbocycles. The SMILES string of the molecule is O=C(CCn1ccccc1=O)Nc1ccc(-c2nnnn2C2CC2)cc1. The summed E-state index contributed by atoms with van der Waals surface area (Å²) in [4.78, 5) is 23.7. The number of hydrogen-bond donors (Lipinski definition) is 1. The average Bonchev–Trinajstić information content (AvgIpc) is 3.38. The number of amides is 1. The first kappa shape index (κ1) is 16.2. The van der Waals surface area contributed by atoms with Crippen LogP contribution in [0.15, 0.2) is 53.5 Å². The molecule has 132 valence electrons. The van der Waals surface area contributed by atoms with Crippen molar-refractivity contribution in [2.24, 2.45) is 0 Å². The monoisotopic (exact) mass is 350 g/mol. The van der Waals surface area contributed by atoms with Gasteiger partial charge < -0.3 is 9.88 Å². The summed E-state index contributed by atoms with van der Waals surface area (Å²) in [6.07, 6.45) is 4.12. The number of carbonyl (C=O) groups is 1. The Morgan fingerprint density at radius 1 is 1.15 bits per heavy atom. The quantitative estimate of drug-likeness (QED) is 0.732. The van der Waals surface area contributed by atoms with Crippen LogP contribution in [0, 0.1) is 0 Å². The second-order valence-corrected chi connectivity index (χ2v) is 6.29. The molecule has 1 N–H and O–H groups in total. The highest BCUT2D eigenvalue weighted by Crippen LogP contribution is 2.36. The van der Waals surface area contributed by atoms with Crippen molar-refractivity contribution in [2.75, 3.05) is 5.32 Å². The number of nitrogens with zero attached hydrogens (tertiary/aromatic N) is 5. The standard InChI is InChI=1S/C18H18N6O2/c25-16(10-12-23-11-2-1-3-17(23)26)19-14-6-4-13(5-7-14)18-20-21-22-24(18)15-8-9-15/h1-7,11,15H,8-10,12H2,(H,19,25). The molecule has 1 aliphatic carbocycles. The first-order valence-electron chi connectivity index (χ1n) is 8.54. The zero-order chi connectivity index (χ0) is 17.9. The largest absolute Gasteiger partial charge is 0.326 e. The van der Waals surface area contributed by atoms with Gasteiger partial charge in [-0.3, -0.25) is 9.59 Å². The Labute approximate surface area is 149 Å². The fourth-order valence-electron chi connectivity index (χ4n) is 2.74. The van der Waals surface area contributed by atoms with E-state index >= 15 is 0 Å². The van der Waals surface area contributed by atoms with Gasteiger partial charge in [0, 0.05) is 36.5 Å². The molecule has 3 aromatic rings. The highest BCUT2D eigenvalue weighted by atomic mass is 16.1. The van der Waals surface area contributed by atoms with Gasteiger partial charge in [-0.25, -0.2) is 4.68 Å². The van der Waals surface area contributed by atoms with Gasteiger partial charge in [-0.05, 0) is 53.6 Å².